The van der Waals surface area contributed by atoms with Gasteiger partial charge in [0.1, 0.15) is 11.6 Å². The first-order valence-electron chi connectivity index (χ1n) is 10.3. The number of alkyl halides is 3. The molecule has 1 aliphatic heterocycles. The first-order chi connectivity index (χ1) is 15.8. The number of nitrogens with zero attached hydrogens (tertiary/aromatic N) is 5. The minimum atomic E-state index is -4.56. The predicted octanol–water partition coefficient (Wildman–Crippen LogP) is 3.81. The van der Waals surface area contributed by atoms with Gasteiger partial charge in [0.2, 0.25) is 0 Å². The number of carbonyl (C=O) groups excluding carboxylic acids is 1. The van der Waals surface area contributed by atoms with Gasteiger partial charge in [0.25, 0.3) is 5.91 Å². The van der Waals surface area contributed by atoms with E-state index in [1.54, 1.807) is 11.0 Å². The number of fused-ring (bicyclic) bond motifs is 2. The van der Waals surface area contributed by atoms with Crippen molar-refractivity contribution in [2.75, 3.05) is 11.9 Å². The quantitative estimate of drug-likeness (QED) is 0.599. The van der Waals surface area contributed by atoms with Gasteiger partial charge in [-0.15, -0.1) is 0 Å². The molecule has 1 aliphatic carbocycles. The largest absolute Gasteiger partial charge is 0.434 e. The van der Waals surface area contributed by atoms with Crippen LogP contribution in [0.5, 0.6) is 0 Å². The third kappa shape index (κ3) is 4.10. The van der Waals surface area contributed by atoms with Crippen LogP contribution in [-0.2, 0) is 6.18 Å². The fourth-order valence-corrected chi connectivity index (χ4v) is 4.63. The maximum absolute atomic E-state index is 14.0. The Labute approximate surface area is 185 Å². The maximum atomic E-state index is 14.0. The summed E-state index contributed by atoms with van der Waals surface area (Å²) in [6.07, 6.45) is 1.73. The number of hydrogen-bond acceptors (Lipinski definition) is 6. The molecule has 2 bridgehead atoms. The molecule has 2 aliphatic rings. The van der Waals surface area contributed by atoms with Crippen LogP contribution in [0.4, 0.5) is 23.4 Å². The molecule has 0 radical (unpaired) electrons. The number of halogens is 4. The van der Waals surface area contributed by atoms with Gasteiger partial charge >= 0.3 is 6.18 Å². The number of aromatic nitrogens is 4. The van der Waals surface area contributed by atoms with E-state index in [-0.39, 0.29) is 35.6 Å². The van der Waals surface area contributed by atoms with Crippen molar-refractivity contribution in [3.05, 3.63) is 66.1 Å². The Morgan fingerprint density at radius 2 is 1.85 bits per heavy atom. The molecular formula is C22H18F4N6O. The Kier molecular flexibility index (Phi) is 5.18. The number of likely N-dealkylation sites (tertiary alicyclic amines) is 1. The van der Waals surface area contributed by atoms with Crippen molar-refractivity contribution in [2.45, 2.75) is 31.1 Å². The second kappa shape index (κ2) is 8.05. The van der Waals surface area contributed by atoms with Crippen molar-refractivity contribution in [1.82, 2.24) is 24.8 Å². The SMILES string of the molecule is O=C(c1ccc(F)cc1-c1ncccn1)N1CC2CC(Nc3cnc(C(F)(F)F)cn3)C1C2. The van der Waals surface area contributed by atoms with Crippen LogP contribution in [0, 0.1) is 11.7 Å². The fourth-order valence-electron chi connectivity index (χ4n) is 4.63. The number of rotatable bonds is 4. The van der Waals surface area contributed by atoms with Gasteiger partial charge in [-0.1, -0.05) is 0 Å². The average Bonchev–Trinajstić information content (AvgIpc) is 3.40. The number of anilines is 1. The Balaban J connectivity index is 1.37. The molecule has 1 N–H and O–H groups in total. The molecule has 11 heteroatoms. The number of amides is 1. The molecule has 3 aromatic rings. The monoisotopic (exact) mass is 458 g/mol. The zero-order valence-corrected chi connectivity index (χ0v) is 17.1. The van der Waals surface area contributed by atoms with E-state index in [4.69, 9.17) is 0 Å². The molecule has 3 unspecified atom stereocenters. The van der Waals surface area contributed by atoms with E-state index in [2.05, 4.69) is 25.3 Å². The number of benzene rings is 1. The summed E-state index contributed by atoms with van der Waals surface area (Å²) in [5.41, 5.74) is -0.463. The maximum Gasteiger partial charge on any atom is 0.434 e. The van der Waals surface area contributed by atoms with Gasteiger partial charge in [-0.2, -0.15) is 13.2 Å². The van der Waals surface area contributed by atoms with Crippen molar-refractivity contribution < 1.29 is 22.4 Å². The fraction of sp³-hybridized carbons (Fsp3) is 0.318. The summed E-state index contributed by atoms with van der Waals surface area (Å²) < 4.78 is 52.1. The Bertz CT molecular complexity index is 1170. The summed E-state index contributed by atoms with van der Waals surface area (Å²) in [5.74, 6) is -0.0597. The van der Waals surface area contributed by atoms with Gasteiger partial charge in [0, 0.05) is 30.5 Å². The van der Waals surface area contributed by atoms with Crippen LogP contribution in [0.2, 0.25) is 0 Å². The van der Waals surface area contributed by atoms with E-state index in [0.717, 1.165) is 19.0 Å². The van der Waals surface area contributed by atoms with Crippen molar-refractivity contribution in [3.63, 3.8) is 0 Å². The lowest BCUT2D eigenvalue weighted by atomic mass is 10.0. The summed E-state index contributed by atoms with van der Waals surface area (Å²) >= 11 is 0. The number of carbonyl (C=O) groups is 1. The zero-order chi connectivity index (χ0) is 23.2. The Morgan fingerprint density at radius 1 is 1.06 bits per heavy atom. The number of nitrogens with one attached hydrogen (secondary N) is 1. The minimum absolute atomic E-state index is 0.179. The van der Waals surface area contributed by atoms with Crippen molar-refractivity contribution in [3.8, 4) is 11.4 Å². The van der Waals surface area contributed by atoms with E-state index in [0.29, 0.717) is 23.9 Å². The molecule has 0 spiro atoms. The van der Waals surface area contributed by atoms with Crippen molar-refractivity contribution in [2.24, 2.45) is 5.92 Å². The van der Waals surface area contributed by atoms with Crippen molar-refractivity contribution in [1.29, 1.82) is 0 Å². The van der Waals surface area contributed by atoms with Gasteiger partial charge in [-0.25, -0.2) is 24.3 Å². The molecule has 1 saturated heterocycles. The van der Waals surface area contributed by atoms with Crippen LogP contribution < -0.4 is 5.32 Å². The highest BCUT2D eigenvalue weighted by Gasteiger charge is 2.47. The summed E-state index contributed by atoms with van der Waals surface area (Å²) in [7, 11) is 0. The lowest BCUT2D eigenvalue weighted by Gasteiger charge is -2.34. The van der Waals surface area contributed by atoms with Crippen LogP contribution in [0.25, 0.3) is 11.4 Å². The molecule has 1 amide bonds. The normalized spacial score (nSPS) is 21.9. The summed E-state index contributed by atoms with van der Waals surface area (Å²) in [5, 5.41) is 3.12. The summed E-state index contributed by atoms with van der Waals surface area (Å²) in [6, 6.07) is 5.16. The predicted molar refractivity (Wildman–Crippen MR) is 109 cm³/mol. The third-order valence-corrected chi connectivity index (χ3v) is 6.04. The molecule has 2 fully saturated rings. The average molecular weight is 458 g/mol. The van der Waals surface area contributed by atoms with Gasteiger partial charge in [-0.3, -0.25) is 4.79 Å². The van der Waals surface area contributed by atoms with E-state index in [9.17, 15) is 22.4 Å². The van der Waals surface area contributed by atoms with Crippen LogP contribution in [-0.4, -0.2) is 49.4 Å². The lowest BCUT2D eigenvalue weighted by Crippen LogP contribution is -2.48. The van der Waals surface area contributed by atoms with E-state index in [1.807, 2.05) is 0 Å². The highest BCUT2D eigenvalue weighted by atomic mass is 19.4. The van der Waals surface area contributed by atoms with E-state index >= 15 is 0 Å². The first-order valence-corrected chi connectivity index (χ1v) is 10.3. The number of piperidine rings is 1. The molecule has 5 rings (SSSR count). The van der Waals surface area contributed by atoms with Gasteiger partial charge in [0.05, 0.1) is 24.0 Å². The highest BCUT2D eigenvalue weighted by molar-refractivity contribution is 6.00. The second-order valence-electron chi connectivity index (χ2n) is 8.16. The first kappa shape index (κ1) is 21.2. The Hall–Kier alpha value is -3.63. The van der Waals surface area contributed by atoms with E-state index in [1.165, 1.54) is 30.6 Å². The van der Waals surface area contributed by atoms with Crippen LogP contribution in [0.1, 0.15) is 28.9 Å². The molecule has 33 heavy (non-hydrogen) atoms. The molecule has 170 valence electrons. The molecular weight excluding hydrogens is 440 g/mol. The van der Waals surface area contributed by atoms with Crippen molar-refractivity contribution >= 4 is 11.7 Å². The summed E-state index contributed by atoms with van der Waals surface area (Å²) in [6.45, 7) is 0.548. The topological polar surface area (TPSA) is 83.9 Å². The summed E-state index contributed by atoms with van der Waals surface area (Å²) in [4.78, 5) is 30.7. The standard InChI is InChI=1S/C22H18F4N6O/c23-13-2-3-14(15(8-13)20-27-4-1-5-28-20)21(33)32-11-12-6-16(17(32)7-12)31-19-10-29-18(9-30-19)22(24,25)26/h1-5,8-10,12,16-17H,6-7,11H2,(H,30,31). The zero-order valence-electron chi connectivity index (χ0n) is 17.1. The molecule has 3 atom stereocenters. The van der Waals surface area contributed by atoms with Crippen LogP contribution in [0.3, 0.4) is 0 Å². The van der Waals surface area contributed by atoms with Gasteiger partial charge in [0.15, 0.2) is 11.5 Å². The second-order valence-corrected chi connectivity index (χ2v) is 8.16. The number of hydrogen-bond donors (Lipinski definition) is 1. The van der Waals surface area contributed by atoms with Crippen LogP contribution in [0.15, 0.2) is 49.1 Å². The highest BCUT2D eigenvalue weighted by Crippen LogP contribution is 2.40. The molecule has 1 aromatic carbocycles. The van der Waals surface area contributed by atoms with Gasteiger partial charge < -0.3 is 10.2 Å². The Morgan fingerprint density at radius 3 is 2.52 bits per heavy atom. The minimum Gasteiger partial charge on any atom is -0.364 e. The molecule has 7 nitrogen and oxygen atoms in total. The van der Waals surface area contributed by atoms with E-state index < -0.39 is 17.7 Å². The third-order valence-electron chi connectivity index (χ3n) is 6.04. The molecule has 3 heterocycles. The van der Waals surface area contributed by atoms with Gasteiger partial charge in [-0.05, 0) is 43.0 Å². The smallest absolute Gasteiger partial charge is 0.364 e. The van der Waals surface area contributed by atoms with Crippen LogP contribution >= 0.6 is 0 Å². The lowest BCUT2D eigenvalue weighted by molar-refractivity contribution is -0.141. The molecule has 2 aromatic heterocycles. The molecule has 1 saturated carbocycles.